The number of benzene rings is 3. The lowest BCUT2D eigenvalue weighted by molar-refractivity contribution is -0.281. The van der Waals surface area contributed by atoms with Crippen LogP contribution in [-0.2, 0) is 38.0 Å². The molecule has 9 atom stereocenters. The molecule has 1 unspecified atom stereocenters. The Labute approximate surface area is 394 Å². The minimum atomic E-state index is -1.18. The van der Waals surface area contributed by atoms with Crippen molar-refractivity contribution in [1.29, 1.82) is 0 Å². The van der Waals surface area contributed by atoms with Gasteiger partial charge in [0, 0.05) is 32.1 Å². The maximum atomic E-state index is 13.5. The number of amides is 1. The quantitative estimate of drug-likeness (QED) is 0.0387. The molecule has 4 N–H and O–H groups in total. The van der Waals surface area contributed by atoms with E-state index in [4.69, 9.17) is 38.9 Å². The number of unbranched alkanes of at least 4 members (excludes halogenated alkanes) is 4. The highest BCUT2D eigenvalue weighted by Crippen LogP contribution is 2.36. The first-order valence-electron chi connectivity index (χ1n) is 23.3. The Morgan fingerprint density at radius 2 is 1.31 bits per heavy atom. The van der Waals surface area contributed by atoms with Crippen LogP contribution in [0.2, 0.25) is 0 Å². The van der Waals surface area contributed by atoms with Crippen LogP contribution in [0.15, 0.2) is 104 Å². The maximum absolute atomic E-state index is 13.5. The van der Waals surface area contributed by atoms with E-state index >= 15 is 0 Å². The fourth-order valence-corrected chi connectivity index (χ4v) is 8.25. The summed E-state index contributed by atoms with van der Waals surface area (Å²) in [6.07, 6.45) is 1.50. The standard InChI is InChI=1S/C50H60N6O12/c1-3-36-40(58)43(46(65-36)56-31-55-39-44(51)53-30-54-45(39)56)62-27-17-5-4-16-26-52-38(57)25-15-18-28-63-50-32(2)41(67-48(60)34-21-11-7-12-22-34)42(68-49(61)35-23-13-8-14-24-35)37(66-50)29-64-47(59)33-19-9-6-10-20-33/h6-14,19-24,30-32,36-37,40-43,46,50,58H,3-5,15-18,25-29H2,1-2H3,(H,52,57)(H2,51,53,54)/t32-,36-,37-,40?,41-,42+,43+,46-,50-/m1/s1. The lowest BCUT2D eigenvalue weighted by Gasteiger charge is -2.44. The van der Waals surface area contributed by atoms with Gasteiger partial charge in [-0.1, -0.05) is 81.3 Å². The number of esters is 3. The number of aliphatic hydroxyl groups is 1. The third-order valence-electron chi connectivity index (χ3n) is 12.0. The number of fused-ring (bicyclic) bond motifs is 1. The van der Waals surface area contributed by atoms with Crippen LogP contribution < -0.4 is 11.1 Å². The van der Waals surface area contributed by atoms with E-state index in [1.165, 1.54) is 6.33 Å². The van der Waals surface area contributed by atoms with Gasteiger partial charge in [0.1, 0.15) is 42.9 Å². The summed E-state index contributed by atoms with van der Waals surface area (Å²) in [5.41, 5.74) is 7.84. The van der Waals surface area contributed by atoms with Gasteiger partial charge in [0.2, 0.25) is 5.91 Å². The molecule has 1 amide bonds. The smallest absolute Gasteiger partial charge is 0.338 e. The van der Waals surface area contributed by atoms with Crippen molar-refractivity contribution in [2.24, 2.45) is 5.92 Å². The van der Waals surface area contributed by atoms with E-state index in [0.717, 1.165) is 25.7 Å². The minimum absolute atomic E-state index is 0.0716. The van der Waals surface area contributed by atoms with Crippen molar-refractivity contribution in [3.05, 3.63) is 120 Å². The highest BCUT2D eigenvalue weighted by atomic mass is 16.7. The largest absolute Gasteiger partial charge is 0.459 e. The van der Waals surface area contributed by atoms with E-state index in [1.54, 1.807) is 109 Å². The highest BCUT2D eigenvalue weighted by molar-refractivity contribution is 5.91. The molecule has 18 heteroatoms. The van der Waals surface area contributed by atoms with Crippen LogP contribution in [0.25, 0.3) is 11.2 Å². The molecule has 3 aromatic carbocycles. The van der Waals surface area contributed by atoms with Crippen molar-refractivity contribution in [3.63, 3.8) is 0 Å². The summed E-state index contributed by atoms with van der Waals surface area (Å²) in [6, 6.07) is 25.3. The molecule has 0 bridgehead atoms. The summed E-state index contributed by atoms with van der Waals surface area (Å²) in [4.78, 5) is 65.4. The number of nitrogens with zero attached hydrogens (tertiary/aromatic N) is 4. The van der Waals surface area contributed by atoms with Gasteiger partial charge in [0.25, 0.3) is 0 Å². The SMILES string of the molecule is CC[C@H]1O[C@@H](n2cnc3c(N)ncnc32)[C@@H](OCCCCCCNC(=O)CCCCO[C@@H]2O[C@H](COC(=O)c3ccccc3)[C@H](OC(=O)c3ccccc3)[C@H](OC(=O)c3ccccc3)[C@H]2C)C1O. The fraction of sp³-hybridized carbons (Fsp3) is 0.460. The van der Waals surface area contributed by atoms with E-state index in [9.17, 15) is 24.3 Å². The monoisotopic (exact) mass is 936 g/mol. The van der Waals surface area contributed by atoms with Gasteiger partial charge in [0.05, 0.1) is 29.1 Å². The Balaban J connectivity index is 0.857. The number of hydrogen-bond donors (Lipinski definition) is 3. The molecule has 362 valence electrons. The van der Waals surface area contributed by atoms with Crippen LogP contribution >= 0.6 is 0 Å². The number of hydrogen-bond acceptors (Lipinski definition) is 16. The number of aromatic nitrogens is 4. The molecule has 0 radical (unpaired) electrons. The molecule has 0 saturated carbocycles. The number of carbonyl (C=O) groups is 4. The number of nitrogen functional groups attached to an aromatic ring is 1. The van der Waals surface area contributed by atoms with Gasteiger partial charge < -0.3 is 49.3 Å². The zero-order chi connectivity index (χ0) is 47.8. The molecule has 2 aliphatic heterocycles. The fourth-order valence-electron chi connectivity index (χ4n) is 8.25. The number of ether oxygens (including phenoxy) is 7. The number of aliphatic hydroxyl groups excluding tert-OH is 1. The second-order valence-corrected chi connectivity index (χ2v) is 16.8. The third kappa shape index (κ3) is 12.8. The van der Waals surface area contributed by atoms with E-state index in [2.05, 4.69) is 20.3 Å². The first-order valence-corrected chi connectivity index (χ1v) is 23.3. The molecule has 2 fully saturated rings. The average Bonchev–Trinajstić information content (AvgIpc) is 3.94. The molecular weight excluding hydrogens is 877 g/mol. The van der Waals surface area contributed by atoms with Crippen molar-refractivity contribution in [3.8, 4) is 0 Å². The van der Waals surface area contributed by atoms with Crippen LogP contribution in [0.5, 0.6) is 0 Å². The highest BCUT2D eigenvalue weighted by Gasteiger charge is 2.50. The molecule has 2 aliphatic rings. The van der Waals surface area contributed by atoms with Crippen molar-refractivity contribution in [2.75, 3.05) is 32.1 Å². The average molecular weight is 937 g/mol. The van der Waals surface area contributed by atoms with E-state index in [-0.39, 0.29) is 30.5 Å². The number of imidazole rings is 1. The summed E-state index contributed by atoms with van der Waals surface area (Å²) in [6.45, 7) is 4.55. The van der Waals surface area contributed by atoms with Crippen molar-refractivity contribution < 1.29 is 57.4 Å². The van der Waals surface area contributed by atoms with Crippen LogP contribution in [-0.4, -0.2) is 118 Å². The Hall–Kier alpha value is -6.31. The molecule has 18 nitrogen and oxygen atoms in total. The van der Waals surface area contributed by atoms with Gasteiger partial charge in [-0.2, -0.15) is 0 Å². The van der Waals surface area contributed by atoms with Gasteiger partial charge in [0.15, 0.2) is 30.1 Å². The zero-order valence-electron chi connectivity index (χ0n) is 38.3. The van der Waals surface area contributed by atoms with Crippen LogP contribution in [0, 0.1) is 5.92 Å². The summed E-state index contributed by atoms with van der Waals surface area (Å²) in [7, 11) is 0. The lowest BCUT2D eigenvalue weighted by atomic mass is 9.91. The molecule has 2 aromatic heterocycles. The van der Waals surface area contributed by atoms with Crippen LogP contribution in [0.1, 0.15) is 103 Å². The van der Waals surface area contributed by atoms with E-state index in [0.29, 0.717) is 61.1 Å². The molecule has 4 heterocycles. The van der Waals surface area contributed by atoms with Crippen molar-refractivity contribution in [1.82, 2.24) is 24.8 Å². The second kappa shape index (κ2) is 24.6. The van der Waals surface area contributed by atoms with E-state index in [1.807, 2.05) is 6.92 Å². The van der Waals surface area contributed by atoms with Crippen LogP contribution in [0.3, 0.4) is 0 Å². The second-order valence-electron chi connectivity index (χ2n) is 16.8. The number of rotatable bonds is 23. The van der Waals surface area contributed by atoms with Gasteiger partial charge in [-0.25, -0.2) is 29.3 Å². The first kappa shape index (κ1) is 49.6. The first-order chi connectivity index (χ1) is 33.1. The molecule has 5 aromatic rings. The summed E-state index contributed by atoms with van der Waals surface area (Å²) >= 11 is 0. The molecule has 7 rings (SSSR count). The maximum Gasteiger partial charge on any atom is 0.338 e. The summed E-state index contributed by atoms with van der Waals surface area (Å²) in [5, 5.41) is 14.0. The van der Waals surface area contributed by atoms with Gasteiger partial charge in [-0.3, -0.25) is 9.36 Å². The Morgan fingerprint density at radius 1 is 0.706 bits per heavy atom. The van der Waals surface area contributed by atoms with Gasteiger partial charge in [-0.15, -0.1) is 0 Å². The zero-order valence-corrected chi connectivity index (χ0v) is 38.3. The third-order valence-corrected chi connectivity index (χ3v) is 12.0. The predicted molar refractivity (Wildman–Crippen MR) is 247 cm³/mol. The minimum Gasteiger partial charge on any atom is -0.459 e. The predicted octanol–water partition coefficient (Wildman–Crippen LogP) is 5.99. The normalized spacial score (nSPS) is 23.5. The topological polar surface area (TPSA) is 235 Å². The lowest BCUT2D eigenvalue weighted by Crippen LogP contribution is -2.58. The number of carbonyl (C=O) groups excluding carboxylic acids is 4. The van der Waals surface area contributed by atoms with Gasteiger partial charge in [-0.05, 0) is 68.5 Å². The van der Waals surface area contributed by atoms with Crippen molar-refractivity contribution >= 4 is 40.8 Å². The molecule has 0 aliphatic carbocycles. The number of nitrogens with one attached hydrogen (secondary N) is 1. The Morgan fingerprint density at radius 3 is 1.97 bits per heavy atom. The Kier molecular flexibility index (Phi) is 18.0. The van der Waals surface area contributed by atoms with Crippen molar-refractivity contribution in [2.45, 2.75) is 114 Å². The number of anilines is 1. The molecular formula is C50H60N6O12. The molecule has 68 heavy (non-hydrogen) atoms. The molecule has 2 saturated heterocycles. The Bertz CT molecular complexity index is 2390. The number of nitrogens with two attached hydrogens (primary N) is 1. The summed E-state index contributed by atoms with van der Waals surface area (Å²) in [5.74, 6) is -2.37. The van der Waals surface area contributed by atoms with Crippen LogP contribution in [0.4, 0.5) is 5.82 Å². The van der Waals surface area contributed by atoms with E-state index < -0.39 is 73.0 Å². The van der Waals surface area contributed by atoms with Gasteiger partial charge >= 0.3 is 17.9 Å². The molecule has 0 spiro atoms. The summed E-state index contributed by atoms with van der Waals surface area (Å²) < 4.78 is 44.5.